The molecule has 0 bridgehead atoms. The van der Waals surface area contributed by atoms with Crippen LogP contribution in [0.25, 0.3) is 10.9 Å². The van der Waals surface area contributed by atoms with Crippen LogP contribution in [0.2, 0.25) is 0 Å². The van der Waals surface area contributed by atoms with E-state index in [0.29, 0.717) is 9.86 Å². The van der Waals surface area contributed by atoms with Gasteiger partial charge in [0.15, 0.2) is 5.43 Å². The molecule has 0 saturated heterocycles. The second kappa shape index (κ2) is 4.01. The molecule has 0 aliphatic heterocycles. The van der Waals surface area contributed by atoms with Gasteiger partial charge >= 0.3 is 0 Å². The van der Waals surface area contributed by atoms with E-state index in [4.69, 9.17) is 0 Å². The first-order valence-electron chi connectivity index (χ1n) is 5.01. The van der Waals surface area contributed by atoms with Crippen LogP contribution < -0.4 is 5.43 Å². The lowest BCUT2D eigenvalue weighted by Gasteiger charge is -2.08. The number of aromatic nitrogens is 1. The molecular weight excluding hydrogens is 273 g/mol. The molecular formula is C12H11BrFNO. The maximum Gasteiger partial charge on any atom is 0.189 e. The molecule has 4 heteroatoms. The van der Waals surface area contributed by atoms with Gasteiger partial charge in [0.05, 0.1) is 5.52 Å². The molecule has 2 aromatic rings. The molecule has 0 spiro atoms. The summed E-state index contributed by atoms with van der Waals surface area (Å²) in [6.45, 7) is 3.90. The van der Waals surface area contributed by atoms with E-state index in [-0.39, 0.29) is 16.9 Å². The van der Waals surface area contributed by atoms with Crippen molar-refractivity contribution in [3.05, 3.63) is 44.4 Å². The van der Waals surface area contributed by atoms with E-state index in [1.807, 2.05) is 13.8 Å². The number of benzene rings is 1. The number of aromatic amines is 1. The topological polar surface area (TPSA) is 32.9 Å². The highest BCUT2D eigenvalue weighted by Gasteiger charge is 2.09. The van der Waals surface area contributed by atoms with Crippen molar-refractivity contribution in [2.75, 3.05) is 0 Å². The first kappa shape index (κ1) is 11.3. The minimum atomic E-state index is -0.413. The van der Waals surface area contributed by atoms with E-state index in [0.717, 1.165) is 5.69 Å². The summed E-state index contributed by atoms with van der Waals surface area (Å²) < 4.78 is 14.2. The van der Waals surface area contributed by atoms with Crippen molar-refractivity contribution in [2.24, 2.45) is 0 Å². The lowest BCUT2D eigenvalue weighted by atomic mass is 10.1. The van der Waals surface area contributed by atoms with Crippen LogP contribution in [0.1, 0.15) is 25.5 Å². The molecule has 0 radical (unpaired) electrons. The van der Waals surface area contributed by atoms with Crippen molar-refractivity contribution in [2.45, 2.75) is 19.8 Å². The van der Waals surface area contributed by atoms with E-state index in [2.05, 4.69) is 20.9 Å². The zero-order valence-corrected chi connectivity index (χ0v) is 10.6. The molecule has 1 aromatic heterocycles. The number of hydrogen-bond acceptors (Lipinski definition) is 1. The largest absolute Gasteiger partial charge is 0.356 e. The normalized spacial score (nSPS) is 11.3. The van der Waals surface area contributed by atoms with Gasteiger partial charge in [0.1, 0.15) is 5.82 Å². The molecule has 16 heavy (non-hydrogen) atoms. The number of nitrogens with one attached hydrogen (secondary N) is 1. The van der Waals surface area contributed by atoms with Crippen molar-refractivity contribution in [1.29, 1.82) is 0 Å². The average Bonchev–Trinajstić information content (AvgIpc) is 2.19. The lowest BCUT2D eigenvalue weighted by Crippen LogP contribution is -2.07. The third kappa shape index (κ3) is 1.89. The van der Waals surface area contributed by atoms with E-state index in [9.17, 15) is 9.18 Å². The van der Waals surface area contributed by atoms with Crippen LogP contribution in [0.4, 0.5) is 4.39 Å². The standard InChI is InChI=1S/C12H11BrFNO/c1-6(2)10-5-11(16)8-3-7(13)4-9(14)12(8)15-10/h3-6H,1-2H3,(H,15,16). The Morgan fingerprint density at radius 2 is 2.00 bits per heavy atom. The maximum absolute atomic E-state index is 13.7. The van der Waals surface area contributed by atoms with E-state index >= 15 is 0 Å². The summed E-state index contributed by atoms with van der Waals surface area (Å²) in [6.07, 6.45) is 0. The molecule has 2 nitrogen and oxygen atoms in total. The molecule has 0 aliphatic carbocycles. The SMILES string of the molecule is CC(C)c1cc(=O)c2cc(Br)cc(F)c2[nH]1. The number of halogens is 2. The molecule has 1 heterocycles. The molecule has 84 valence electrons. The third-order valence-electron chi connectivity index (χ3n) is 2.50. The summed E-state index contributed by atoms with van der Waals surface area (Å²) in [5.74, 6) is -0.246. The van der Waals surface area contributed by atoms with Gasteiger partial charge in [0, 0.05) is 21.6 Å². The summed E-state index contributed by atoms with van der Waals surface area (Å²) in [7, 11) is 0. The Morgan fingerprint density at radius 3 is 2.62 bits per heavy atom. The minimum absolute atomic E-state index is 0.155. The van der Waals surface area contributed by atoms with Crippen LogP contribution >= 0.6 is 15.9 Å². The van der Waals surface area contributed by atoms with E-state index < -0.39 is 5.82 Å². The smallest absolute Gasteiger partial charge is 0.189 e. The fourth-order valence-electron chi connectivity index (χ4n) is 1.61. The second-order valence-electron chi connectivity index (χ2n) is 4.05. The summed E-state index contributed by atoms with van der Waals surface area (Å²) in [6, 6.07) is 4.50. The third-order valence-corrected chi connectivity index (χ3v) is 2.96. The predicted molar refractivity (Wildman–Crippen MR) is 66.3 cm³/mol. The number of rotatable bonds is 1. The number of hydrogen-bond donors (Lipinski definition) is 1. The molecule has 0 atom stereocenters. The number of fused-ring (bicyclic) bond motifs is 1. The van der Waals surface area contributed by atoms with Gasteiger partial charge in [-0.3, -0.25) is 4.79 Å². The molecule has 2 rings (SSSR count). The van der Waals surface area contributed by atoms with Gasteiger partial charge in [-0.15, -0.1) is 0 Å². The number of H-pyrrole nitrogens is 1. The van der Waals surface area contributed by atoms with Gasteiger partial charge < -0.3 is 4.98 Å². The maximum atomic E-state index is 13.7. The fourth-order valence-corrected chi connectivity index (χ4v) is 2.04. The van der Waals surface area contributed by atoms with Gasteiger partial charge in [-0.1, -0.05) is 29.8 Å². The zero-order valence-electron chi connectivity index (χ0n) is 8.97. The first-order valence-corrected chi connectivity index (χ1v) is 5.80. The monoisotopic (exact) mass is 283 g/mol. The zero-order chi connectivity index (χ0) is 11.9. The van der Waals surface area contributed by atoms with Crippen LogP contribution in [0.5, 0.6) is 0 Å². The predicted octanol–water partition coefficient (Wildman–Crippen LogP) is 3.55. The average molecular weight is 284 g/mol. The fraction of sp³-hybridized carbons (Fsp3) is 0.250. The summed E-state index contributed by atoms with van der Waals surface area (Å²) in [5.41, 5.74) is 0.871. The highest BCUT2D eigenvalue weighted by molar-refractivity contribution is 9.10. The number of pyridine rings is 1. The minimum Gasteiger partial charge on any atom is -0.356 e. The molecule has 0 aliphatic rings. The summed E-state index contributed by atoms with van der Waals surface area (Å²) >= 11 is 3.17. The molecule has 0 amide bonds. The lowest BCUT2D eigenvalue weighted by molar-refractivity contribution is 0.634. The van der Waals surface area contributed by atoms with Crippen molar-refractivity contribution in [1.82, 2.24) is 4.98 Å². The molecule has 0 saturated carbocycles. The van der Waals surface area contributed by atoms with Crippen LogP contribution in [0, 0.1) is 5.82 Å². The Morgan fingerprint density at radius 1 is 1.31 bits per heavy atom. The van der Waals surface area contributed by atoms with Gasteiger partial charge in [-0.2, -0.15) is 0 Å². The van der Waals surface area contributed by atoms with Crippen molar-refractivity contribution in [3.63, 3.8) is 0 Å². The quantitative estimate of drug-likeness (QED) is 0.853. The van der Waals surface area contributed by atoms with E-state index in [1.54, 1.807) is 6.07 Å². The van der Waals surface area contributed by atoms with Crippen molar-refractivity contribution >= 4 is 26.8 Å². The van der Waals surface area contributed by atoms with Crippen LogP contribution in [0.3, 0.4) is 0 Å². The Bertz CT molecular complexity index is 604. The second-order valence-corrected chi connectivity index (χ2v) is 4.97. The van der Waals surface area contributed by atoms with Gasteiger partial charge in [-0.25, -0.2) is 4.39 Å². The molecule has 1 aromatic carbocycles. The van der Waals surface area contributed by atoms with Gasteiger partial charge in [-0.05, 0) is 18.1 Å². The molecule has 0 fully saturated rings. The van der Waals surface area contributed by atoms with E-state index in [1.165, 1.54) is 12.1 Å². The summed E-state index contributed by atoms with van der Waals surface area (Å²) in [4.78, 5) is 14.8. The Balaban J connectivity index is 2.87. The first-order chi connectivity index (χ1) is 7.49. The molecule has 1 N–H and O–H groups in total. The Kier molecular flexibility index (Phi) is 2.84. The van der Waals surface area contributed by atoms with Crippen LogP contribution in [0.15, 0.2) is 27.5 Å². The Labute approximate surface area is 101 Å². The highest BCUT2D eigenvalue weighted by Crippen LogP contribution is 2.21. The van der Waals surface area contributed by atoms with Gasteiger partial charge in [0.25, 0.3) is 0 Å². The van der Waals surface area contributed by atoms with Crippen LogP contribution in [-0.4, -0.2) is 4.98 Å². The highest BCUT2D eigenvalue weighted by atomic mass is 79.9. The van der Waals surface area contributed by atoms with Gasteiger partial charge in [0.2, 0.25) is 0 Å². The Hall–Kier alpha value is -1.16. The van der Waals surface area contributed by atoms with Crippen molar-refractivity contribution < 1.29 is 4.39 Å². The van der Waals surface area contributed by atoms with Crippen molar-refractivity contribution in [3.8, 4) is 0 Å². The molecule has 0 unspecified atom stereocenters. The summed E-state index contributed by atoms with van der Waals surface area (Å²) in [5, 5.41) is 0.372. The van der Waals surface area contributed by atoms with Crippen LogP contribution in [-0.2, 0) is 0 Å².